The summed E-state index contributed by atoms with van der Waals surface area (Å²) in [6.07, 6.45) is -6.01. The smallest absolute Gasteiger partial charge is 0.492 e. The third kappa shape index (κ3) is 8.42. The highest BCUT2D eigenvalue weighted by Crippen LogP contribution is 2.28. The van der Waals surface area contributed by atoms with Crippen molar-refractivity contribution in [3.05, 3.63) is 72.3 Å². The molecule has 0 spiro atoms. The number of hydrogen-bond acceptors (Lipinski definition) is 8. The Balaban J connectivity index is 1.27. The van der Waals surface area contributed by atoms with Gasteiger partial charge in [0.1, 0.15) is 18.1 Å². The number of fused-ring (bicyclic) bond motifs is 1. The number of hydrogen-bond donors (Lipinski definition) is 4. The molecule has 0 aliphatic heterocycles. The molecule has 0 radical (unpaired) electrons. The van der Waals surface area contributed by atoms with Crippen LogP contribution < -0.4 is 24.2 Å². The molecule has 41 heavy (non-hydrogen) atoms. The first kappa shape index (κ1) is 29.8. The standard InChI is InChI=1S/C25H23F5N4O6S/c26-24(27)39-23-20-8-7-17(13-21(20)32-33-23)38-10-9-31-14-22(35)15-3-1-4-16(11-15)34-41(36,37)19-6-2-5-18(12-19)40-25(28,29)30/h1-8,11-13,22,24,31,34-35H,9-10,14H2,(H,32,33)/t22-/m0/s1. The van der Waals surface area contributed by atoms with E-state index in [0.29, 0.717) is 28.8 Å². The molecule has 0 aliphatic rings. The number of H-pyrrole nitrogens is 1. The maximum atomic E-state index is 12.7. The Morgan fingerprint density at radius 2 is 1.78 bits per heavy atom. The summed E-state index contributed by atoms with van der Waals surface area (Å²) in [7, 11) is -4.26. The van der Waals surface area contributed by atoms with Gasteiger partial charge >= 0.3 is 13.0 Å². The van der Waals surface area contributed by atoms with E-state index in [1.165, 1.54) is 24.3 Å². The second kappa shape index (κ2) is 12.6. The molecule has 1 aromatic heterocycles. The summed E-state index contributed by atoms with van der Waals surface area (Å²) in [6, 6.07) is 14.5. The van der Waals surface area contributed by atoms with Crippen molar-refractivity contribution in [2.24, 2.45) is 0 Å². The number of aliphatic hydroxyl groups is 1. The molecule has 16 heteroatoms. The fraction of sp³-hybridized carbons (Fsp3) is 0.240. The Bertz CT molecular complexity index is 1580. The number of nitrogens with zero attached hydrogens (tertiary/aromatic N) is 1. The van der Waals surface area contributed by atoms with Crippen molar-refractivity contribution in [2.75, 3.05) is 24.4 Å². The van der Waals surface area contributed by atoms with E-state index in [4.69, 9.17) is 4.74 Å². The number of alkyl halides is 5. The van der Waals surface area contributed by atoms with E-state index >= 15 is 0 Å². The molecule has 1 heterocycles. The number of sulfonamides is 1. The molecule has 4 rings (SSSR count). The minimum atomic E-state index is -4.98. The lowest BCUT2D eigenvalue weighted by Gasteiger charge is -2.15. The summed E-state index contributed by atoms with van der Waals surface area (Å²) >= 11 is 0. The molecule has 0 saturated carbocycles. The Morgan fingerprint density at radius 3 is 2.54 bits per heavy atom. The topological polar surface area (TPSA) is 135 Å². The van der Waals surface area contributed by atoms with Gasteiger partial charge in [-0.3, -0.25) is 9.82 Å². The molecule has 3 aromatic carbocycles. The fourth-order valence-electron chi connectivity index (χ4n) is 3.70. The van der Waals surface area contributed by atoms with E-state index in [0.717, 1.165) is 24.3 Å². The number of ether oxygens (including phenoxy) is 3. The van der Waals surface area contributed by atoms with Gasteiger partial charge in [0.05, 0.1) is 21.9 Å². The van der Waals surface area contributed by atoms with Crippen LogP contribution in [-0.4, -0.2) is 56.4 Å². The van der Waals surface area contributed by atoms with E-state index in [1.54, 1.807) is 18.2 Å². The lowest BCUT2D eigenvalue weighted by Crippen LogP contribution is -2.26. The predicted molar refractivity (Wildman–Crippen MR) is 136 cm³/mol. The molecule has 0 fully saturated rings. The highest BCUT2D eigenvalue weighted by Gasteiger charge is 2.31. The zero-order valence-corrected chi connectivity index (χ0v) is 21.7. The van der Waals surface area contributed by atoms with Crippen LogP contribution in [0.4, 0.5) is 27.6 Å². The van der Waals surface area contributed by atoms with Gasteiger partial charge in [0.15, 0.2) is 0 Å². The van der Waals surface area contributed by atoms with Crippen LogP contribution in [0.25, 0.3) is 10.9 Å². The fourth-order valence-corrected chi connectivity index (χ4v) is 4.78. The molecule has 4 aromatic rings. The zero-order chi connectivity index (χ0) is 29.6. The minimum Gasteiger partial charge on any atom is -0.492 e. The number of rotatable bonds is 13. The molecule has 0 aliphatic carbocycles. The largest absolute Gasteiger partial charge is 0.573 e. The minimum absolute atomic E-state index is 0.0864. The van der Waals surface area contributed by atoms with Crippen LogP contribution in [0.15, 0.2) is 71.6 Å². The van der Waals surface area contributed by atoms with Gasteiger partial charge in [0, 0.05) is 30.9 Å². The summed E-state index contributed by atoms with van der Waals surface area (Å²) in [5.41, 5.74) is 0.905. The Morgan fingerprint density at radius 1 is 1.00 bits per heavy atom. The zero-order valence-electron chi connectivity index (χ0n) is 20.9. The molecule has 4 N–H and O–H groups in total. The van der Waals surface area contributed by atoms with Crippen LogP contribution in [0.5, 0.6) is 17.4 Å². The normalized spacial score (nSPS) is 12.9. The summed E-state index contributed by atoms with van der Waals surface area (Å²) in [4.78, 5) is -0.444. The van der Waals surface area contributed by atoms with Crippen LogP contribution in [-0.2, 0) is 10.0 Å². The summed E-state index contributed by atoms with van der Waals surface area (Å²) < 4.78 is 104. The van der Waals surface area contributed by atoms with Crippen molar-refractivity contribution in [3.63, 3.8) is 0 Å². The molecule has 0 unspecified atom stereocenters. The van der Waals surface area contributed by atoms with Gasteiger partial charge in [0.25, 0.3) is 10.0 Å². The van der Waals surface area contributed by atoms with E-state index in [-0.39, 0.29) is 24.7 Å². The van der Waals surface area contributed by atoms with Gasteiger partial charge in [-0.2, -0.15) is 8.78 Å². The second-order valence-corrected chi connectivity index (χ2v) is 10.1. The maximum Gasteiger partial charge on any atom is 0.573 e. The lowest BCUT2D eigenvalue weighted by molar-refractivity contribution is -0.274. The number of nitrogens with one attached hydrogen (secondary N) is 3. The van der Waals surface area contributed by atoms with Gasteiger partial charge in [-0.1, -0.05) is 18.2 Å². The Kier molecular flexibility index (Phi) is 9.14. The molecule has 10 nitrogen and oxygen atoms in total. The van der Waals surface area contributed by atoms with E-state index in [2.05, 4.69) is 29.7 Å². The third-order valence-electron chi connectivity index (χ3n) is 5.46. The van der Waals surface area contributed by atoms with Crippen molar-refractivity contribution in [1.82, 2.24) is 15.5 Å². The van der Waals surface area contributed by atoms with Gasteiger partial charge in [-0.15, -0.1) is 18.3 Å². The maximum absolute atomic E-state index is 12.7. The average Bonchev–Trinajstić information content (AvgIpc) is 3.28. The summed E-state index contributed by atoms with van der Waals surface area (Å²) in [5.74, 6) is -0.462. The third-order valence-corrected chi connectivity index (χ3v) is 6.84. The first-order valence-electron chi connectivity index (χ1n) is 11.8. The first-order chi connectivity index (χ1) is 19.4. The predicted octanol–water partition coefficient (Wildman–Crippen LogP) is 4.57. The van der Waals surface area contributed by atoms with Crippen molar-refractivity contribution in [3.8, 4) is 17.4 Å². The number of aromatic amines is 1. The molecule has 1 atom stereocenters. The van der Waals surface area contributed by atoms with Crippen molar-refractivity contribution in [2.45, 2.75) is 24.0 Å². The van der Waals surface area contributed by atoms with E-state index in [1.807, 2.05) is 0 Å². The van der Waals surface area contributed by atoms with Crippen molar-refractivity contribution < 1.29 is 49.7 Å². The molecule has 0 amide bonds. The monoisotopic (exact) mass is 602 g/mol. The highest BCUT2D eigenvalue weighted by atomic mass is 32.2. The van der Waals surface area contributed by atoms with Crippen molar-refractivity contribution >= 4 is 26.6 Å². The second-order valence-electron chi connectivity index (χ2n) is 8.44. The van der Waals surface area contributed by atoms with Crippen LogP contribution in [0, 0.1) is 0 Å². The number of aromatic nitrogens is 2. The lowest BCUT2D eigenvalue weighted by atomic mass is 10.1. The van der Waals surface area contributed by atoms with Crippen LogP contribution in [0.3, 0.4) is 0 Å². The van der Waals surface area contributed by atoms with E-state index in [9.17, 15) is 35.5 Å². The van der Waals surface area contributed by atoms with Crippen LogP contribution in [0.2, 0.25) is 0 Å². The molecular weight excluding hydrogens is 579 g/mol. The number of anilines is 1. The Labute approximate surface area is 230 Å². The summed E-state index contributed by atoms with van der Waals surface area (Å²) in [5, 5.41) is 20.2. The Hall–Kier alpha value is -4.15. The number of aliphatic hydroxyl groups excluding tert-OH is 1. The first-order valence-corrected chi connectivity index (χ1v) is 13.3. The van der Waals surface area contributed by atoms with Crippen molar-refractivity contribution in [1.29, 1.82) is 0 Å². The van der Waals surface area contributed by atoms with Crippen LogP contribution in [0.1, 0.15) is 11.7 Å². The molecule has 0 saturated heterocycles. The summed E-state index contributed by atoms with van der Waals surface area (Å²) in [6.45, 7) is -2.40. The molecule has 220 valence electrons. The molecule has 0 bridgehead atoms. The number of benzene rings is 3. The quantitative estimate of drug-likeness (QED) is 0.129. The van der Waals surface area contributed by atoms with Gasteiger partial charge < -0.3 is 24.6 Å². The van der Waals surface area contributed by atoms with Gasteiger partial charge in [0.2, 0.25) is 5.88 Å². The average molecular weight is 603 g/mol. The van der Waals surface area contributed by atoms with Gasteiger partial charge in [-0.05, 0) is 42.0 Å². The number of halogens is 5. The highest BCUT2D eigenvalue weighted by molar-refractivity contribution is 7.92. The van der Waals surface area contributed by atoms with E-state index < -0.39 is 39.7 Å². The SMILES string of the molecule is O=S(=O)(Nc1cccc([C@@H](O)CNCCOc2ccc3c(OC(F)F)n[nH]c3c2)c1)c1cccc(OC(F)(F)F)c1. The van der Waals surface area contributed by atoms with Gasteiger partial charge in [-0.25, -0.2) is 8.42 Å². The molecular formula is C25H23F5N4O6S. The van der Waals surface area contributed by atoms with Crippen LogP contribution >= 0.6 is 0 Å².